The van der Waals surface area contributed by atoms with Gasteiger partial charge >= 0.3 is 0 Å². The smallest absolute Gasteiger partial charge is 0.295 e. The number of hydrogen-bond donors (Lipinski definition) is 1. The summed E-state index contributed by atoms with van der Waals surface area (Å²) in [5.41, 5.74) is 1.12. The normalized spacial score (nSPS) is 20.0. The zero-order chi connectivity index (χ0) is 25.7. The van der Waals surface area contributed by atoms with E-state index in [1.165, 1.54) is 7.11 Å². The maximum Gasteiger partial charge on any atom is 0.295 e. The zero-order valence-corrected chi connectivity index (χ0v) is 20.9. The van der Waals surface area contributed by atoms with Crippen molar-refractivity contribution in [1.82, 2.24) is 9.80 Å². The molecule has 2 fully saturated rings. The summed E-state index contributed by atoms with van der Waals surface area (Å²) in [6, 6.07) is 11.2. The van der Waals surface area contributed by atoms with Gasteiger partial charge in [-0.2, -0.15) is 0 Å². The first-order valence-electron chi connectivity index (χ1n) is 11.9. The molecule has 0 bridgehead atoms. The average molecular weight is 497 g/mol. The molecule has 2 aromatic rings. The van der Waals surface area contributed by atoms with Crippen LogP contribution >= 0.6 is 0 Å². The standard InChI is InChI=1S/C27H32N2O7/c1-33-20-8-5-18(6-9-20)25(30)23-24(19-7-10-21(34-2)22(17-19)35-3)29(27(32)26(23)31)12-4-11-28-13-15-36-16-14-28/h5-10,17,24,30H,4,11-16H2,1-3H3/b25-23+. The van der Waals surface area contributed by atoms with E-state index in [-0.39, 0.29) is 11.3 Å². The van der Waals surface area contributed by atoms with Crippen molar-refractivity contribution in [3.05, 3.63) is 59.2 Å². The van der Waals surface area contributed by atoms with Crippen molar-refractivity contribution in [2.45, 2.75) is 12.5 Å². The second-order valence-electron chi connectivity index (χ2n) is 8.64. The summed E-state index contributed by atoms with van der Waals surface area (Å²) in [5.74, 6) is 0.0401. The van der Waals surface area contributed by atoms with Crippen molar-refractivity contribution in [3.8, 4) is 17.2 Å². The summed E-state index contributed by atoms with van der Waals surface area (Å²) in [4.78, 5) is 30.3. The van der Waals surface area contributed by atoms with Crippen molar-refractivity contribution >= 4 is 17.4 Å². The Morgan fingerprint density at radius 3 is 2.28 bits per heavy atom. The van der Waals surface area contributed by atoms with E-state index in [0.29, 0.717) is 54.6 Å². The van der Waals surface area contributed by atoms with Crippen LogP contribution in [0.5, 0.6) is 17.2 Å². The van der Waals surface area contributed by atoms with Crippen LogP contribution in [-0.4, -0.2) is 87.3 Å². The van der Waals surface area contributed by atoms with Gasteiger partial charge in [0.1, 0.15) is 11.5 Å². The lowest BCUT2D eigenvalue weighted by Crippen LogP contribution is -2.38. The van der Waals surface area contributed by atoms with Gasteiger partial charge < -0.3 is 29.0 Å². The fourth-order valence-electron chi connectivity index (χ4n) is 4.67. The third-order valence-electron chi connectivity index (χ3n) is 6.60. The maximum atomic E-state index is 13.3. The number of ketones is 1. The lowest BCUT2D eigenvalue weighted by Gasteiger charge is -2.29. The molecule has 0 spiro atoms. The van der Waals surface area contributed by atoms with Crippen molar-refractivity contribution in [2.24, 2.45) is 0 Å². The van der Waals surface area contributed by atoms with Crippen LogP contribution in [0.3, 0.4) is 0 Å². The zero-order valence-electron chi connectivity index (χ0n) is 20.9. The molecular weight excluding hydrogens is 464 g/mol. The summed E-state index contributed by atoms with van der Waals surface area (Å²) in [6.45, 7) is 4.21. The average Bonchev–Trinajstić information content (AvgIpc) is 3.18. The monoisotopic (exact) mass is 496 g/mol. The number of rotatable bonds is 9. The minimum Gasteiger partial charge on any atom is -0.507 e. The Labute approximate surface area is 210 Å². The summed E-state index contributed by atoms with van der Waals surface area (Å²) in [6.07, 6.45) is 0.680. The van der Waals surface area contributed by atoms with Gasteiger partial charge in [0.05, 0.1) is 46.2 Å². The molecule has 192 valence electrons. The second-order valence-corrected chi connectivity index (χ2v) is 8.64. The van der Waals surface area contributed by atoms with E-state index in [4.69, 9.17) is 18.9 Å². The minimum atomic E-state index is -0.767. The summed E-state index contributed by atoms with van der Waals surface area (Å²) >= 11 is 0. The lowest BCUT2D eigenvalue weighted by atomic mass is 9.95. The van der Waals surface area contributed by atoms with Crippen molar-refractivity contribution < 1.29 is 33.6 Å². The predicted molar refractivity (Wildman–Crippen MR) is 133 cm³/mol. The third-order valence-corrected chi connectivity index (χ3v) is 6.60. The molecule has 4 rings (SSSR count). The number of carbonyl (C=O) groups excluding carboxylic acids is 2. The van der Waals surface area contributed by atoms with Crippen LogP contribution in [0.2, 0.25) is 0 Å². The number of benzene rings is 2. The van der Waals surface area contributed by atoms with Gasteiger partial charge in [0.25, 0.3) is 11.7 Å². The number of Topliss-reactive ketones (excluding diaryl/α,β-unsaturated/α-hetero) is 1. The largest absolute Gasteiger partial charge is 0.507 e. The minimum absolute atomic E-state index is 0.0451. The molecule has 0 aromatic heterocycles. The first-order chi connectivity index (χ1) is 17.5. The molecule has 2 saturated heterocycles. The Hall–Kier alpha value is -3.56. The molecule has 1 unspecified atom stereocenters. The highest BCUT2D eigenvalue weighted by Gasteiger charge is 2.46. The maximum absolute atomic E-state index is 13.3. The number of morpholine rings is 1. The van der Waals surface area contributed by atoms with E-state index >= 15 is 0 Å². The number of likely N-dealkylation sites (tertiary alicyclic amines) is 1. The van der Waals surface area contributed by atoms with E-state index in [1.807, 2.05) is 0 Å². The Balaban J connectivity index is 1.71. The van der Waals surface area contributed by atoms with Crippen LogP contribution in [-0.2, 0) is 14.3 Å². The molecule has 1 amide bonds. The Bertz CT molecular complexity index is 1120. The van der Waals surface area contributed by atoms with Crippen molar-refractivity contribution in [1.29, 1.82) is 0 Å². The molecule has 2 heterocycles. The van der Waals surface area contributed by atoms with E-state index in [9.17, 15) is 14.7 Å². The number of carbonyl (C=O) groups is 2. The molecular formula is C27H32N2O7. The number of amides is 1. The highest BCUT2D eigenvalue weighted by atomic mass is 16.5. The van der Waals surface area contributed by atoms with Crippen LogP contribution in [0.4, 0.5) is 0 Å². The number of nitrogens with zero attached hydrogens (tertiary/aromatic N) is 2. The van der Waals surface area contributed by atoms with E-state index < -0.39 is 17.7 Å². The third kappa shape index (κ3) is 5.17. The summed E-state index contributed by atoms with van der Waals surface area (Å²) in [7, 11) is 4.62. The number of hydrogen-bond acceptors (Lipinski definition) is 8. The van der Waals surface area contributed by atoms with E-state index in [0.717, 1.165) is 19.6 Å². The van der Waals surface area contributed by atoms with Crippen molar-refractivity contribution in [2.75, 3.05) is 60.7 Å². The quantitative estimate of drug-likeness (QED) is 0.322. The first-order valence-corrected chi connectivity index (χ1v) is 11.9. The van der Waals surface area contributed by atoms with Gasteiger partial charge in [-0.15, -0.1) is 0 Å². The van der Waals surface area contributed by atoms with Gasteiger partial charge in [-0.3, -0.25) is 14.5 Å². The fourth-order valence-corrected chi connectivity index (χ4v) is 4.67. The van der Waals surface area contributed by atoms with Gasteiger partial charge in [0, 0.05) is 31.7 Å². The van der Waals surface area contributed by atoms with Crippen molar-refractivity contribution in [3.63, 3.8) is 0 Å². The van der Waals surface area contributed by atoms with E-state index in [2.05, 4.69) is 4.90 Å². The van der Waals surface area contributed by atoms with Crippen LogP contribution in [0.15, 0.2) is 48.0 Å². The number of aliphatic hydroxyl groups excluding tert-OH is 1. The second kappa shape index (κ2) is 11.5. The van der Waals surface area contributed by atoms with Crippen LogP contribution < -0.4 is 14.2 Å². The van der Waals surface area contributed by atoms with Crippen LogP contribution in [0.1, 0.15) is 23.6 Å². The van der Waals surface area contributed by atoms with Gasteiger partial charge in [-0.25, -0.2) is 0 Å². The topological polar surface area (TPSA) is 97.8 Å². The highest BCUT2D eigenvalue weighted by Crippen LogP contribution is 2.42. The van der Waals surface area contributed by atoms with Gasteiger partial charge in [-0.1, -0.05) is 6.07 Å². The number of aliphatic hydroxyl groups is 1. The molecule has 0 aliphatic carbocycles. The molecule has 1 atom stereocenters. The molecule has 9 nitrogen and oxygen atoms in total. The highest BCUT2D eigenvalue weighted by molar-refractivity contribution is 6.46. The predicted octanol–water partition coefficient (Wildman–Crippen LogP) is 2.86. The fraction of sp³-hybridized carbons (Fsp3) is 0.407. The molecule has 2 aliphatic rings. The van der Waals surface area contributed by atoms with Gasteiger partial charge in [0.15, 0.2) is 11.5 Å². The SMILES string of the molecule is COc1ccc(/C(O)=C2\C(=O)C(=O)N(CCCN3CCOCC3)C2c2ccc(OC)c(OC)c2)cc1. The van der Waals surface area contributed by atoms with Crippen LogP contribution in [0.25, 0.3) is 5.76 Å². The molecule has 9 heteroatoms. The van der Waals surface area contributed by atoms with Gasteiger partial charge in [-0.05, 0) is 48.4 Å². The molecule has 2 aliphatic heterocycles. The Kier molecular flexibility index (Phi) is 8.12. The Morgan fingerprint density at radius 2 is 1.64 bits per heavy atom. The summed E-state index contributed by atoms with van der Waals surface area (Å²) in [5, 5.41) is 11.2. The molecule has 0 radical (unpaired) electrons. The molecule has 2 aromatic carbocycles. The number of methoxy groups -OCH3 is 3. The van der Waals surface area contributed by atoms with Crippen LogP contribution in [0, 0.1) is 0 Å². The lowest BCUT2D eigenvalue weighted by molar-refractivity contribution is -0.140. The number of ether oxygens (including phenoxy) is 4. The first kappa shape index (κ1) is 25.5. The summed E-state index contributed by atoms with van der Waals surface area (Å²) < 4.78 is 21.4. The molecule has 0 saturated carbocycles. The van der Waals surface area contributed by atoms with Gasteiger partial charge in [0.2, 0.25) is 0 Å². The molecule has 1 N–H and O–H groups in total. The Morgan fingerprint density at radius 1 is 0.944 bits per heavy atom. The molecule has 36 heavy (non-hydrogen) atoms. The van der Waals surface area contributed by atoms with E-state index in [1.54, 1.807) is 61.6 Å².